The highest BCUT2D eigenvalue weighted by Gasteiger charge is 2.04. The maximum absolute atomic E-state index is 11.3. The van der Waals surface area contributed by atoms with Crippen LogP contribution in [0.4, 0.5) is 0 Å². The molecule has 0 bridgehead atoms. The van der Waals surface area contributed by atoms with Gasteiger partial charge in [-0.3, -0.25) is 4.79 Å². The Morgan fingerprint density at radius 1 is 1.44 bits per heavy atom. The van der Waals surface area contributed by atoms with Crippen LogP contribution in [0.5, 0.6) is 0 Å². The first-order chi connectivity index (χ1) is 7.74. The summed E-state index contributed by atoms with van der Waals surface area (Å²) in [5.74, 6) is 2.31. The molecule has 1 rings (SSSR count). The Labute approximate surface area is 110 Å². The average Bonchev–Trinajstić information content (AvgIpc) is 2.28. The largest absolute Gasteiger partial charge is 0.461 e. The number of hydrogen-bond acceptors (Lipinski definition) is 2. The van der Waals surface area contributed by atoms with E-state index in [4.69, 9.17) is 11.2 Å². The second-order valence-electron chi connectivity index (χ2n) is 3.31. The molecule has 0 aromatic heterocycles. The normalized spacial score (nSPS) is 9.50. The Morgan fingerprint density at radius 2 is 2.19 bits per heavy atom. The molecule has 0 heterocycles. The molecule has 0 aliphatic heterocycles. The third kappa shape index (κ3) is 4.67. The quantitative estimate of drug-likeness (QED) is 0.359. The average molecular weight is 328 g/mol. The van der Waals surface area contributed by atoms with Crippen LogP contribution in [-0.4, -0.2) is 5.97 Å². The number of benzene rings is 1. The van der Waals surface area contributed by atoms with Crippen LogP contribution in [0, 0.1) is 15.9 Å². The van der Waals surface area contributed by atoms with Gasteiger partial charge in [-0.2, -0.15) is 0 Å². The predicted molar refractivity (Wildman–Crippen MR) is 71.6 cm³/mol. The van der Waals surface area contributed by atoms with Gasteiger partial charge >= 0.3 is 5.97 Å². The van der Waals surface area contributed by atoms with Crippen LogP contribution in [0.15, 0.2) is 24.3 Å². The van der Waals surface area contributed by atoms with E-state index in [9.17, 15) is 4.79 Å². The molecular weight excluding hydrogens is 315 g/mol. The third-order valence-electron chi connectivity index (χ3n) is 2.05. The van der Waals surface area contributed by atoms with E-state index in [0.29, 0.717) is 25.9 Å². The maximum Gasteiger partial charge on any atom is 0.306 e. The van der Waals surface area contributed by atoms with Crippen molar-refractivity contribution in [1.29, 1.82) is 0 Å². The maximum atomic E-state index is 11.3. The molecule has 0 fully saturated rings. The number of hydrogen-bond donors (Lipinski definition) is 0. The zero-order valence-electron chi connectivity index (χ0n) is 8.91. The molecule has 16 heavy (non-hydrogen) atoms. The second kappa shape index (κ2) is 7.29. The first-order valence-corrected chi connectivity index (χ1v) is 6.14. The molecule has 0 saturated heterocycles. The van der Waals surface area contributed by atoms with E-state index in [0.717, 1.165) is 9.13 Å². The minimum atomic E-state index is -0.185. The Bertz CT molecular complexity index is 393. The minimum Gasteiger partial charge on any atom is -0.461 e. The molecule has 1 aromatic carbocycles. The minimum absolute atomic E-state index is 0.185. The molecule has 0 amide bonds. The van der Waals surface area contributed by atoms with Gasteiger partial charge in [0.05, 0.1) is 0 Å². The van der Waals surface area contributed by atoms with Gasteiger partial charge in [0, 0.05) is 22.0 Å². The lowest BCUT2D eigenvalue weighted by atomic mass is 10.2. The third-order valence-corrected chi connectivity index (χ3v) is 3.10. The molecule has 0 unspecified atom stereocenters. The van der Waals surface area contributed by atoms with Gasteiger partial charge in [0.25, 0.3) is 0 Å². The summed E-state index contributed by atoms with van der Waals surface area (Å²) in [6, 6.07) is 7.84. The number of ether oxygens (including phenoxy) is 1. The number of unbranched alkanes of at least 4 members (excludes halogenated alkanes) is 1. The van der Waals surface area contributed by atoms with Crippen molar-refractivity contribution in [1.82, 2.24) is 0 Å². The highest BCUT2D eigenvalue weighted by atomic mass is 127. The molecule has 84 valence electrons. The summed E-state index contributed by atoms with van der Waals surface area (Å²) in [7, 11) is 0. The SMILES string of the molecule is C#CCCCC(=O)OCc1ccccc1I. The van der Waals surface area contributed by atoms with Crippen LogP contribution in [0.1, 0.15) is 24.8 Å². The molecule has 0 aliphatic rings. The lowest BCUT2D eigenvalue weighted by Gasteiger charge is -2.05. The first kappa shape index (κ1) is 13.0. The lowest BCUT2D eigenvalue weighted by molar-refractivity contribution is -0.145. The van der Waals surface area contributed by atoms with Crippen LogP contribution in [0.2, 0.25) is 0 Å². The molecule has 0 spiro atoms. The molecule has 0 N–H and O–H groups in total. The molecule has 0 aliphatic carbocycles. The number of halogens is 1. The molecule has 0 radical (unpaired) electrons. The van der Waals surface area contributed by atoms with Crippen LogP contribution < -0.4 is 0 Å². The van der Waals surface area contributed by atoms with Crippen LogP contribution in [-0.2, 0) is 16.1 Å². The predicted octanol–water partition coefficient (Wildman–Crippen LogP) is 3.14. The van der Waals surface area contributed by atoms with Crippen molar-refractivity contribution in [2.45, 2.75) is 25.9 Å². The number of rotatable bonds is 5. The fraction of sp³-hybridized carbons (Fsp3) is 0.308. The molecule has 1 aromatic rings. The number of carbonyl (C=O) groups is 1. The number of carbonyl (C=O) groups excluding carboxylic acids is 1. The van der Waals surface area contributed by atoms with Crippen molar-refractivity contribution in [2.24, 2.45) is 0 Å². The van der Waals surface area contributed by atoms with Crippen LogP contribution >= 0.6 is 22.6 Å². The Balaban J connectivity index is 2.32. The fourth-order valence-corrected chi connectivity index (χ4v) is 1.72. The van der Waals surface area contributed by atoms with Gasteiger partial charge in [-0.05, 0) is 35.1 Å². The fourth-order valence-electron chi connectivity index (χ4n) is 1.18. The van der Waals surface area contributed by atoms with Crippen molar-refractivity contribution in [3.63, 3.8) is 0 Å². The van der Waals surface area contributed by atoms with Gasteiger partial charge in [0.1, 0.15) is 6.61 Å². The summed E-state index contributed by atoms with van der Waals surface area (Å²) in [6.45, 7) is 0.341. The van der Waals surface area contributed by atoms with E-state index in [-0.39, 0.29) is 5.97 Å². The highest BCUT2D eigenvalue weighted by Crippen LogP contribution is 2.12. The summed E-state index contributed by atoms with van der Waals surface area (Å²) in [6.07, 6.45) is 6.81. The monoisotopic (exact) mass is 328 g/mol. The number of terminal acetylenes is 1. The van der Waals surface area contributed by atoms with Gasteiger partial charge in [-0.25, -0.2) is 0 Å². The Kier molecular flexibility index (Phi) is 5.94. The number of esters is 1. The van der Waals surface area contributed by atoms with Gasteiger partial charge in [0.15, 0.2) is 0 Å². The Morgan fingerprint density at radius 3 is 2.88 bits per heavy atom. The summed E-state index contributed by atoms with van der Waals surface area (Å²) in [4.78, 5) is 11.3. The zero-order chi connectivity index (χ0) is 11.8. The Hall–Kier alpha value is -1.02. The van der Waals surface area contributed by atoms with Crippen molar-refractivity contribution in [3.05, 3.63) is 33.4 Å². The van der Waals surface area contributed by atoms with Crippen molar-refractivity contribution < 1.29 is 9.53 Å². The van der Waals surface area contributed by atoms with Gasteiger partial charge < -0.3 is 4.74 Å². The van der Waals surface area contributed by atoms with Gasteiger partial charge in [-0.1, -0.05) is 18.2 Å². The summed E-state index contributed by atoms with van der Waals surface area (Å²) >= 11 is 2.22. The highest BCUT2D eigenvalue weighted by molar-refractivity contribution is 14.1. The summed E-state index contributed by atoms with van der Waals surface area (Å²) < 4.78 is 6.25. The van der Waals surface area contributed by atoms with E-state index in [1.165, 1.54) is 0 Å². The molecular formula is C13H13IO2. The second-order valence-corrected chi connectivity index (χ2v) is 4.47. The van der Waals surface area contributed by atoms with E-state index in [1.54, 1.807) is 0 Å². The summed E-state index contributed by atoms with van der Waals surface area (Å²) in [5, 5.41) is 0. The van der Waals surface area contributed by atoms with E-state index in [1.807, 2.05) is 24.3 Å². The standard InChI is InChI=1S/C13H13IO2/c1-2-3-4-9-13(15)16-10-11-7-5-6-8-12(11)14/h1,5-8H,3-4,9-10H2. The molecule has 3 heteroatoms. The first-order valence-electron chi connectivity index (χ1n) is 5.06. The van der Waals surface area contributed by atoms with Crippen LogP contribution in [0.3, 0.4) is 0 Å². The zero-order valence-corrected chi connectivity index (χ0v) is 11.1. The molecule has 0 saturated carbocycles. The smallest absolute Gasteiger partial charge is 0.306 e. The molecule has 2 nitrogen and oxygen atoms in total. The van der Waals surface area contributed by atoms with Gasteiger partial charge in [0.2, 0.25) is 0 Å². The lowest BCUT2D eigenvalue weighted by Crippen LogP contribution is -2.05. The van der Waals surface area contributed by atoms with E-state index >= 15 is 0 Å². The van der Waals surface area contributed by atoms with E-state index in [2.05, 4.69) is 28.5 Å². The van der Waals surface area contributed by atoms with E-state index < -0.39 is 0 Å². The summed E-state index contributed by atoms with van der Waals surface area (Å²) in [5.41, 5.74) is 1.04. The van der Waals surface area contributed by atoms with Crippen molar-refractivity contribution in [3.8, 4) is 12.3 Å². The van der Waals surface area contributed by atoms with Crippen molar-refractivity contribution in [2.75, 3.05) is 0 Å². The van der Waals surface area contributed by atoms with Gasteiger partial charge in [-0.15, -0.1) is 12.3 Å². The topological polar surface area (TPSA) is 26.3 Å². The van der Waals surface area contributed by atoms with Crippen molar-refractivity contribution >= 4 is 28.6 Å². The molecule has 0 atom stereocenters. The van der Waals surface area contributed by atoms with Crippen LogP contribution in [0.25, 0.3) is 0 Å².